The molecule has 2 rings (SSSR count). The average molecular weight is 244 g/mol. The van der Waals surface area contributed by atoms with E-state index in [0.717, 1.165) is 12.0 Å². The molecule has 0 saturated heterocycles. The molecule has 0 spiro atoms. The number of hydrogen-bond donors (Lipinski definition) is 1. The number of nitro groups is 1. The van der Waals surface area contributed by atoms with Gasteiger partial charge in [-0.2, -0.15) is 0 Å². The molecule has 0 aromatic heterocycles. The largest absolute Gasteiger partial charge is 1.00 e. The van der Waals surface area contributed by atoms with Gasteiger partial charge in [-0.05, 0) is 31.4 Å². The number of nitrogens with one attached hydrogen (secondary N) is 1. The van der Waals surface area contributed by atoms with Gasteiger partial charge in [0.1, 0.15) is 0 Å². The summed E-state index contributed by atoms with van der Waals surface area (Å²) >= 11 is 0. The molecule has 1 aliphatic heterocycles. The number of rotatable bonds is 1. The van der Waals surface area contributed by atoms with Crippen LogP contribution in [-0.2, 0) is 13.0 Å². The van der Waals surface area contributed by atoms with E-state index in [1.165, 1.54) is 5.56 Å². The van der Waals surface area contributed by atoms with Crippen LogP contribution in [0.3, 0.4) is 0 Å². The number of non-ortho nitro benzene ring substituents is 1. The van der Waals surface area contributed by atoms with Crippen molar-refractivity contribution < 1.29 is 34.5 Å². The first-order valence-corrected chi connectivity index (χ1v) is 4.99. The minimum atomic E-state index is -0.347. The summed E-state index contributed by atoms with van der Waals surface area (Å²) in [6.07, 6.45) is 0.917. The van der Waals surface area contributed by atoms with Gasteiger partial charge >= 0.3 is 29.6 Å². The van der Waals surface area contributed by atoms with Crippen LogP contribution in [0, 0.1) is 10.1 Å². The standard InChI is InChI=1S/C11H14N2O2.BH4.Na/c1-11(2)6-8-3-4-10(13(14)15)5-9(8)7-12-11;;/h3-5,12H,6-7H2,1-2H3;1H4;/q;-1;+1. The van der Waals surface area contributed by atoms with Crippen molar-refractivity contribution in [1.82, 2.24) is 5.32 Å². The Morgan fingerprint density at radius 3 is 2.59 bits per heavy atom. The molecule has 0 aliphatic carbocycles. The summed E-state index contributed by atoms with van der Waals surface area (Å²) in [5.74, 6) is 0. The van der Waals surface area contributed by atoms with Crippen LogP contribution in [0.5, 0.6) is 0 Å². The maximum Gasteiger partial charge on any atom is 1.00 e. The number of benzene rings is 1. The average Bonchev–Trinajstić information content (AvgIpc) is 2.15. The van der Waals surface area contributed by atoms with Crippen molar-refractivity contribution in [3.05, 3.63) is 39.4 Å². The third-order valence-electron chi connectivity index (χ3n) is 2.79. The molecule has 1 N–H and O–H groups in total. The Morgan fingerprint density at radius 1 is 1.35 bits per heavy atom. The molecule has 1 aromatic carbocycles. The van der Waals surface area contributed by atoms with Crippen LogP contribution in [0.15, 0.2) is 18.2 Å². The van der Waals surface area contributed by atoms with Gasteiger partial charge in [0.25, 0.3) is 5.69 Å². The van der Waals surface area contributed by atoms with Crippen molar-refractivity contribution in [2.75, 3.05) is 0 Å². The predicted molar refractivity (Wildman–Crippen MR) is 69.1 cm³/mol. The Balaban J connectivity index is 0.00000128. The quantitative estimate of drug-likeness (QED) is 0.339. The molecule has 0 amide bonds. The van der Waals surface area contributed by atoms with Crippen LogP contribution < -0.4 is 34.9 Å². The Labute approximate surface area is 125 Å². The summed E-state index contributed by atoms with van der Waals surface area (Å²) in [4.78, 5) is 10.3. The van der Waals surface area contributed by atoms with E-state index in [2.05, 4.69) is 19.2 Å². The molecule has 1 aliphatic rings. The van der Waals surface area contributed by atoms with E-state index in [0.29, 0.717) is 6.54 Å². The monoisotopic (exact) mass is 244 g/mol. The molecule has 6 heteroatoms. The Hall–Kier alpha value is -0.355. The van der Waals surface area contributed by atoms with Crippen LogP contribution in [-0.4, -0.2) is 18.9 Å². The van der Waals surface area contributed by atoms with Crippen LogP contribution >= 0.6 is 0 Å². The minimum Gasteiger partial charge on any atom is -0.307 e. The van der Waals surface area contributed by atoms with Gasteiger partial charge < -0.3 is 5.32 Å². The van der Waals surface area contributed by atoms with Gasteiger partial charge in [-0.25, -0.2) is 0 Å². The zero-order valence-electron chi connectivity index (χ0n) is 9.91. The van der Waals surface area contributed by atoms with E-state index < -0.39 is 0 Å². The fraction of sp³-hybridized carbons (Fsp3) is 0.455. The zero-order valence-corrected chi connectivity index (χ0v) is 11.9. The molecule has 1 heterocycles. The third kappa shape index (κ3) is 3.81. The van der Waals surface area contributed by atoms with Gasteiger partial charge in [0.2, 0.25) is 0 Å². The Kier molecular flexibility index (Phi) is 5.88. The molecular formula is C11H18BN2NaO2. The van der Waals surface area contributed by atoms with Gasteiger partial charge in [-0.3, -0.25) is 10.1 Å². The number of nitrogens with zero attached hydrogens (tertiary/aromatic N) is 1. The van der Waals surface area contributed by atoms with Gasteiger partial charge in [0.05, 0.1) is 4.92 Å². The fourth-order valence-corrected chi connectivity index (χ4v) is 1.94. The van der Waals surface area contributed by atoms with Crippen LogP contribution in [0.4, 0.5) is 5.69 Å². The van der Waals surface area contributed by atoms with Crippen molar-refractivity contribution >= 4 is 14.1 Å². The summed E-state index contributed by atoms with van der Waals surface area (Å²) in [7, 11) is 0. The van der Waals surface area contributed by atoms with E-state index in [1.807, 2.05) is 6.07 Å². The summed E-state index contributed by atoms with van der Waals surface area (Å²) in [6.45, 7) is 4.98. The SMILES string of the molecule is CC1(C)Cc2ccc([N+](=O)[O-])cc2CN1.[BH4-].[Na+]. The molecule has 88 valence electrons. The molecule has 0 unspecified atom stereocenters. The topological polar surface area (TPSA) is 55.2 Å². The van der Waals surface area contributed by atoms with Gasteiger partial charge in [-0.15, -0.1) is 0 Å². The Bertz CT molecular complexity index is 424. The first kappa shape index (κ1) is 16.6. The summed E-state index contributed by atoms with van der Waals surface area (Å²) in [6, 6.07) is 5.12. The Morgan fingerprint density at radius 2 is 2.00 bits per heavy atom. The second-order valence-corrected chi connectivity index (χ2v) is 4.62. The third-order valence-corrected chi connectivity index (χ3v) is 2.79. The van der Waals surface area contributed by atoms with Crippen LogP contribution in [0.2, 0.25) is 0 Å². The molecule has 4 nitrogen and oxygen atoms in total. The van der Waals surface area contributed by atoms with Crippen molar-refractivity contribution in [3.63, 3.8) is 0 Å². The molecule has 0 fully saturated rings. The number of fused-ring (bicyclic) bond motifs is 1. The maximum atomic E-state index is 10.6. The summed E-state index contributed by atoms with van der Waals surface area (Å²) in [5, 5.41) is 14.0. The van der Waals surface area contributed by atoms with E-state index in [1.54, 1.807) is 12.1 Å². The zero-order chi connectivity index (χ0) is 11.1. The van der Waals surface area contributed by atoms with E-state index >= 15 is 0 Å². The van der Waals surface area contributed by atoms with E-state index in [9.17, 15) is 10.1 Å². The van der Waals surface area contributed by atoms with Gasteiger partial charge in [0.15, 0.2) is 0 Å². The molecule has 17 heavy (non-hydrogen) atoms. The first-order valence-electron chi connectivity index (χ1n) is 4.99. The minimum absolute atomic E-state index is 0. The van der Waals surface area contributed by atoms with E-state index in [-0.39, 0.29) is 54.1 Å². The van der Waals surface area contributed by atoms with Crippen molar-refractivity contribution in [2.45, 2.75) is 32.4 Å². The number of hydrogen-bond acceptors (Lipinski definition) is 3. The molecule has 0 radical (unpaired) electrons. The van der Waals surface area contributed by atoms with Gasteiger partial charge in [0, 0.05) is 24.2 Å². The fourth-order valence-electron chi connectivity index (χ4n) is 1.94. The summed E-state index contributed by atoms with van der Waals surface area (Å²) in [5.41, 5.74) is 2.52. The molecule has 0 bridgehead atoms. The smallest absolute Gasteiger partial charge is 0.307 e. The normalized spacial score (nSPS) is 16.1. The van der Waals surface area contributed by atoms with Crippen molar-refractivity contribution in [2.24, 2.45) is 0 Å². The maximum absolute atomic E-state index is 10.6. The van der Waals surface area contributed by atoms with Gasteiger partial charge in [-0.1, -0.05) is 14.5 Å². The molecule has 0 atom stereocenters. The van der Waals surface area contributed by atoms with Crippen molar-refractivity contribution in [3.8, 4) is 0 Å². The van der Waals surface area contributed by atoms with Crippen LogP contribution in [0.1, 0.15) is 25.0 Å². The molecule has 0 saturated carbocycles. The van der Waals surface area contributed by atoms with Crippen molar-refractivity contribution in [1.29, 1.82) is 0 Å². The van der Waals surface area contributed by atoms with E-state index in [4.69, 9.17) is 0 Å². The molecule has 1 aromatic rings. The predicted octanol–water partition coefficient (Wildman–Crippen LogP) is -2.43. The molecular weight excluding hydrogens is 226 g/mol. The second kappa shape index (κ2) is 6.00. The van der Waals surface area contributed by atoms with Crippen LogP contribution in [0.25, 0.3) is 0 Å². The second-order valence-electron chi connectivity index (χ2n) is 4.62. The number of nitro benzene ring substituents is 1. The first-order chi connectivity index (χ1) is 6.98. The summed E-state index contributed by atoms with van der Waals surface area (Å²) < 4.78 is 0.